The quantitative estimate of drug-likeness (QED) is 0.621. The largest absolute Gasteiger partial charge is 0.477 e. The average molecular weight is 255 g/mol. The molecule has 1 heterocycles. The molecule has 0 saturated heterocycles. The number of hydrogen-bond acceptors (Lipinski definition) is 5. The number of nitrogens with zero attached hydrogens (tertiary/aromatic N) is 2. The first kappa shape index (κ1) is 13.8. The van der Waals surface area contributed by atoms with E-state index in [9.17, 15) is 4.79 Å². The van der Waals surface area contributed by atoms with Crippen LogP contribution in [0.25, 0.3) is 0 Å². The summed E-state index contributed by atoms with van der Waals surface area (Å²) < 4.78 is 0. The minimum atomic E-state index is -1.02. The Morgan fingerprint density at radius 1 is 1.47 bits per heavy atom. The maximum absolute atomic E-state index is 11.0. The number of carboxylic acid groups (broad SMARTS) is 1. The van der Waals surface area contributed by atoms with Gasteiger partial charge in [-0.25, -0.2) is 14.8 Å². The van der Waals surface area contributed by atoms with E-state index in [0.29, 0.717) is 16.9 Å². The lowest BCUT2D eigenvalue weighted by Gasteiger charge is -2.19. The van der Waals surface area contributed by atoms with Crippen molar-refractivity contribution in [1.29, 1.82) is 0 Å². The molecule has 2 N–H and O–H groups in total. The Labute approximate surface area is 105 Å². The molecule has 1 aromatic heterocycles. The third-order valence-corrected chi connectivity index (χ3v) is 3.11. The van der Waals surface area contributed by atoms with Gasteiger partial charge in [-0.2, -0.15) is 0 Å². The van der Waals surface area contributed by atoms with Crippen molar-refractivity contribution in [2.75, 3.05) is 11.6 Å². The zero-order valence-electron chi connectivity index (χ0n) is 10.4. The van der Waals surface area contributed by atoms with Gasteiger partial charge < -0.3 is 10.4 Å². The molecule has 0 aliphatic rings. The van der Waals surface area contributed by atoms with Gasteiger partial charge in [-0.3, -0.25) is 0 Å². The van der Waals surface area contributed by atoms with E-state index in [4.69, 9.17) is 5.11 Å². The summed E-state index contributed by atoms with van der Waals surface area (Å²) in [6.45, 7) is 6.13. The molecule has 1 atom stereocenters. The van der Waals surface area contributed by atoms with Crippen LogP contribution in [0.4, 0.5) is 5.82 Å². The smallest absolute Gasteiger partial charge is 0.341 e. The van der Waals surface area contributed by atoms with Crippen LogP contribution in [0.15, 0.2) is 11.4 Å². The Kier molecular flexibility index (Phi) is 4.74. The van der Waals surface area contributed by atoms with Crippen molar-refractivity contribution in [3.05, 3.63) is 11.8 Å². The molecule has 5 nitrogen and oxygen atoms in total. The van der Waals surface area contributed by atoms with Gasteiger partial charge in [-0.05, 0) is 19.1 Å². The molecule has 0 aliphatic heterocycles. The molecule has 94 valence electrons. The highest BCUT2D eigenvalue weighted by Gasteiger charge is 2.16. The van der Waals surface area contributed by atoms with Crippen LogP contribution in [0.3, 0.4) is 0 Å². The van der Waals surface area contributed by atoms with Gasteiger partial charge in [0.25, 0.3) is 0 Å². The minimum absolute atomic E-state index is 0.107. The van der Waals surface area contributed by atoms with Crippen molar-refractivity contribution in [1.82, 2.24) is 9.97 Å². The van der Waals surface area contributed by atoms with Crippen LogP contribution in [0, 0.1) is 5.92 Å². The number of carbonyl (C=O) groups is 1. The summed E-state index contributed by atoms with van der Waals surface area (Å²) in [5, 5.41) is 12.7. The van der Waals surface area contributed by atoms with Crippen LogP contribution in [0.5, 0.6) is 0 Å². The molecule has 1 aromatic rings. The van der Waals surface area contributed by atoms with Crippen LogP contribution in [0.1, 0.15) is 31.1 Å². The zero-order valence-corrected chi connectivity index (χ0v) is 11.2. The second-order valence-electron chi connectivity index (χ2n) is 4.10. The van der Waals surface area contributed by atoms with Crippen LogP contribution in [-0.2, 0) is 0 Å². The number of aromatic carboxylic acids is 1. The Hall–Kier alpha value is -1.30. The number of rotatable bonds is 5. The Morgan fingerprint density at radius 2 is 2.12 bits per heavy atom. The number of aromatic nitrogens is 2. The summed E-state index contributed by atoms with van der Waals surface area (Å²) in [6, 6.07) is 0.151. The molecule has 0 saturated carbocycles. The molecule has 1 unspecified atom stereocenters. The van der Waals surface area contributed by atoms with Gasteiger partial charge >= 0.3 is 5.97 Å². The van der Waals surface area contributed by atoms with Gasteiger partial charge in [0.2, 0.25) is 0 Å². The molecule has 0 amide bonds. The highest BCUT2D eigenvalue weighted by Crippen LogP contribution is 2.18. The van der Waals surface area contributed by atoms with Crippen molar-refractivity contribution in [2.45, 2.75) is 32.0 Å². The second kappa shape index (κ2) is 5.86. The fourth-order valence-electron chi connectivity index (χ4n) is 1.11. The van der Waals surface area contributed by atoms with Crippen molar-refractivity contribution >= 4 is 23.5 Å². The lowest BCUT2D eigenvalue weighted by atomic mass is 10.1. The zero-order chi connectivity index (χ0) is 13.0. The first-order valence-electron chi connectivity index (χ1n) is 5.36. The first-order chi connectivity index (χ1) is 7.95. The van der Waals surface area contributed by atoms with E-state index in [0.717, 1.165) is 0 Å². The molecule has 17 heavy (non-hydrogen) atoms. The molecule has 0 radical (unpaired) electrons. The highest BCUT2D eigenvalue weighted by atomic mass is 32.2. The van der Waals surface area contributed by atoms with E-state index < -0.39 is 5.97 Å². The summed E-state index contributed by atoms with van der Waals surface area (Å²) in [4.78, 5) is 19.2. The number of nitrogens with one attached hydrogen (secondary N) is 1. The van der Waals surface area contributed by atoms with E-state index in [-0.39, 0.29) is 11.6 Å². The molecular weight excluding hydrogens is 238 g/mol. The normalized spacial score (nSPS) is 12.5. The van der Waals surface area contributed by atoms with E-state index in [1.54, 1.807) is 0 Å². The molecule has 0 aromatic carbocycles. The summed E-state index contributed by atoms with van der Waals surface area (Å²) in [5.74, 6) is -0.238. The number of anilines is 1. The van der Waals surface area contributed by atoms with E-state index >= 15 is 0 Å². The number of carboxylic acids is 1. The summed E-state index contributed by atoms with van der Waals surface area (Å²) in [6.07, 6.45) is 3.20. The number of hydrogen-bond donors (Lipinski definition) is 2. The lowest BCUT2D eigenvalue weighted by Crippen LogP contribution is -2.24. The average Bonchev–Trinajstić information content (AvgIpc) is 2.28. The van der Waals surface area contributed by atoms with E-state index in [1.807, 2.05) is 13.2 Å². The SMILES string of the molecule is CSc1ncc(C(=O)O)c(NC(C)C(C)C)n1. The summed E-state index contributed by atoms with van der Waals surface area (Å²) >= 11 is 1.38. The summed E-state index contributed by atoms with van der Waals surface area (Å²) in [5.41, 5.74) is 0.107. The monoisotopic (exact) mass is 255 g/mol. The molecule has 1 rings (SSSR count). The van der Waals surface area contributed by atoms with Gasteiger partial charge in [-0.1, -0.05) is 25.6 Å². The fraction of sp³-hybridized carbons (Fsp3) is 0.545. The lowest BCUT2D eigenvalue weighted by molar-refractivity contribution is 0.0697. The number of thioether (sulfide) groups is 1. The van der Waals surface area contributed by atoms with Crippen LogP contribution in [-0.4, -0.2) is 33.3 Å². The van der Waals surface area contributed by atoms with Gasteiger partial charge in [0.1, 0.15) is 11.4 Å². The van der Waals surface area contributed by atoms with Crippen molar-refractivity contribution in [3.8, 4) is 0 Å². The van der Waals surface area contributed by atoms with Gasteiger partial charge in [0, 0.05) is 12.2 Å². The molecule has 0 spiro atoms. The van der Waals surface area contributed by atoms with Crippen LogP contribution >= 0.6 is 11.8 Å². The van der Waals surface area contributed by atoms with E-state index in [2.05, 4.69) is 29.1 Å². The molecular formula is C11H17N3O2S. The molecule has 0 fully saturated rings. The Bertz CT molecular complexity index is 410. The maximum atomic E-state index is 11.0. The van der Waals surface area contributed by atoms with Gasteiger partial charge in [-0.15, -0.1) is 0 Å². The summed E-state index contributed by atoms with van der Waals surface area (Å²) in [7, 11) is 0. The molecule has 0 aliphatic carbocycles. The fourth-order valence-corrected chi connectivity index (χ4v) is 1.45. The Balaban J connectivity index is 3.05. The van der Waals surface area contributed by atoms with Crippen LogP contribution in [0.2, 0.25) is 0 Å². The molecule has 0 bridgehead atoms. The van der Waals surface area contributed by atoms with Crippen LogP contribution < -0.4 is 5.32 Å². The standard InChI is InChI=1S/C11H17N3O2S/c1-6(2)7(3)13-9-8(10(15)16)5-12-11(14-9)17-4/h5-7H,1-4H3,(H,15,16)(H,12,13,14). The third kappa shape index (κ3) is 3.59. The first-order valence-corrected chi connectivity index (χ1v) is 6.59. The van der Waals surface area contributed by atoms with E-state index in [1.165, 1.54) is 18.0 Å². The van der Waals surface area contributed by atoms with Crippen molar-refractivity contribution in [2.24, 2.45) is 5.92 Å². The topological polar surface area (TPSA) is 75.1 Å². The van der Waals surface area contributed by atoms with Gasteiger partial charge in [0.05, 0.1) is 0 Å². The van der Waals surface area contributed by atoms with Crippen molar-refractivity contribution in [3.63, 3.8) is 0 Å². The molecule has 6 heteroatoms. The highest BCUT2D eigenvalue weighted by molar-refractivity contribution is 7.98. The third-order valence-electron chi connectivity index (χ3n) is 2.54. The predicted octanol–water partition coefficient (Wildman–Crippen LogP) is 2.35. The Morgan fingerprint density at radius 3 is 2.59 bits per heavy atom. The maximum Gasteiger partial charge on any atom is 0.341 e. The van der Waals surface area contributed by atoms with Gasteiger partial charge in [0.15, 0.2) is 5.16 Å². The predicted molar refractivity (Wildman–Crippen MR) is 68.7 cm³/mol. The minimum Gasteiger partial charge on any atom is -0.477 e. The van der Waals surface area contributed by atoms with Crippen molar-refractivity contribution < 1.29 is 9.90 Å². The second-order valence-corrected chi connectivity index (χ2v) is 4.87.